The molecule has 0 bridgehead atoms. The number of likely N-dealkylation sites (N-methyl/N-ethyl adjacent to an activating group) is 1. The van der Waals surface area contributed by atoms with E-state index in [0.29, 0.717) is 6.54 Å². The SMILES string of the molecule is CSc1ccccc1C(=O)NC[C@H](c1cccs1)[NH+](C)C. The van der Waals surface area contributed by atoms with E-state index in [0.717, 1.165) is 10.5 Å². The number of benzene rings is 1. The van der Waals surface area contributed by atoms with Crippen LogP contribution in [0.15, 0.2) is 46.7 Å². The molecule has 0 aliphatic rings. The lowest BCUT2D eigenvalue weighted by Gasteiger charge is -2.21. The molecule has 3 nitrogen and oxygen atoms in total. The van der Waals surface area contributed by atoms with Crippen LogP contribution in [0.1, 0.15) is 21.3 Å². The zero-order valence-corrected chi connectivity index (χ0v) is 14.2. The first-order chi connectivity index (χ1) is 10.1. The monoisotopic (exact) mass is 321 g/mol. The lowest BCUT2D eigenvalue weighted by molar-refractivity contribution is -0.890. The summed E-state index contributed by atoms with van der Waals surface area (Å²) < 4.78 is 0. The van der Waals surface area contributed by atoms with Gasteiger partial charge in [0, 0.05) is 4.90 Å². The zero-order chi connectivity index (χ0) is 15.2. The van der Waals surface area contributed by atoms with Gasteiger partial charge in [-0.25, -0.2) is 0 Å². The Morgan fingerprint density at radius 1 is 1.29 bits per heavy atom. The first-order valence-corrected chi connectivity index (χ1v) is 8.98. The van der Waals surface area contributed by atoms with Crippen molar-refractivity contribution in [3.63, 3.8) is 0 Å². The minimum absolute atomic E-state index is 0.00255. The largest absolute Gasteiger partial charge is 0.346 e. The van der Waals surface area contributed by atoms with Gasteiger partial charge in [-0.15, -0.1) is 23.1 Å². The normalized spacial score (nSPS) is 12.4. The Morgan fingerprint density at radius 3 is 2.67 bits per heavy atom. The van der Waals surface area contributed by atoms with Crippen molar-refractivity contribution in [1.29, 1.82) is 0 Å². The summed E-state index contributed by atoms with van der Waals surface area (Å²) >= 11 is 3.34. The summed E-state index contributed by atoms with van der Waals surface area (Å²) in [4.78, 5) is 16.0. The molecule has 0 fully saturated rings. The van der Waals surface area contributed by atoms with Gasteiger partial charge in [0.15, 0.2) is 0 Å². The molecule has 0 unspecified atom stereocenters. The van der Waals surface area contributed by atoms with Gasteiger partial charge in [0.2, 0.25) is 0 Å². The number of nitrogens with one attached hydrogen (secondary N) is 2. The molecule has 2 aromatic rings. The summed E-state index contributed by atoms with van der Waals surface area (Å²) in [5.41, 5.74) is 0.753. The van der Waals surface area contributed by atoms with Crippen molar-refractivity contribution in [2.75, 3.05) is 26.9 Å². The standard InChI is InChI=1S/C16H20N2OS2/c1-18(2)13(15-9-6-10-21-15)11-17-16(19)12-7-4-5-8-14(12)20-3/h4-10,13H,11H2,1-3H3,(H,17,19)/p+1/t13-/m1/s1. The maximum atomic E-state index is 12.4. The van der Waals surface area contributed by atoms with Gasteiger partial charge in [0.25, 0.3) is 5.91 Å². The number of carbonyl (C=O) groups is 1. The predicted octanol–water partition coefficient (Wildman–Crippen LogP) is 2.09. The zero-order valence-electron chi connectivity index (χ0n) is 12.6. The van der Waals surface area contributed by atoms with Crippen molar-refractivity contribution in [1.82, 2.24) is 5.32 Å². The molecule has 0 aliphatic carbocycles. The number of amides is 1. The smallest absolute Gasteiger partial charge is 0.252 e. The second kappa shape index (κ2) is 7.64. The maximum Gasteiger partial charge on any atom is 0.252 e. The molecular formula is C16H21N2OS2+. The van der Waals surface area contributed by atoms with Crippen molar-refractivity contribution in [2.45, 2.75) is 10.9 Å². The van der Waals surface area contributed by atoms with Crippen LogP contribution in [-0.2, 0) is 0 Å². The molecule has 0 spiro atoms. The van der Waals surface area contributed by atoms with E-state index in [1.807, 2.05) is 30.5 Å². The lowest BCUT2D eigenvalue weighted by Crippen LogP contribution is -3.06. The fourth-order valence-electron chi connectivity index (χ4n) is 2.20. The number of thiophene rings is 1. The molecule has 0 aliphatic heterocycles. The van der Waals surface area contributed by atoms with Crippen LogP contribution in [0.2, 0.25) is 0 Å². The summed E-state index contributed by atoms with van der Waals surface area (Å²) in [6, 6.07) is 12.2. The van der Waals surface area contributed by atoms with Gasteiger partial charge in [-0.05, 0) is 29.8 Å². The molecule has 1 atom stereocenters. The molecule has 5 heteroatoms. The number of hydrogen-bond acceptors (Lipinski definition) is 3. The van der Waals surface area contributed by atoms with Crippen molar-refractivity contribution < 1.29 is 9.69 Å². The van der Waals surface area contributed by atoms with Crippen LogP contribution in [-0.4, -0.2) is 32.8 Å². The fourth-order valence-corrected chi connectivity index (χ4v) is 3.75. The third kappa shape index (κ3) is 4.09. The molecule has 0 radical (unpaired) electrons. The molecule has 2 rings (SSSR count). The minimum atomic E-state index is 0.00255. The van der Waals surface area contributed by atoms with Crippen LogP contribution in [0.5, 0.6) is 0 Å². The molecule has 1 heterocycles. The van der Waals surface area contributed by atoms with Crippen molar-refractivity contribution in [3.8, 4) is 0 Å². The third-order valence-corrected chi connectivity index (χ3v) is 5.18. The number of thioether (sulfide) groups is 1. The lowest BCUT2D eigenvalue weighted by atomic mass is 10.2. The summed E-state index contributed by atoms with van der Waals surface area (Å²) in [6.45, 7) is 0.643. The highest BCUT2D eigenvalue weighted by Crippen LogP contribution is 2.20. The van der Waals surface area contributed by atoms with E-state index in [1.165, 1.54) is 9.78 Å². The summed E-state index contributed by atoms with van der Waals surface area (Å²) in [5, 5.41) is 5.16. The van der Waals surface area contributed by atoms with Crippen molar-refractivity contribution >= 4 is 29.0 Å². The van der Waals surface area contributed by atoms with Gasteiger partial charge in [0.1, 0.15) is 6.04 Å². The topological polar surface area (TPSA) is 33.5 Å². The maximum absolute atomic E-state index is 12.4. The highest BCUT2D eigenvalue weighted by molar-refractivity contribution is 7.98. The van der Waals surface area contributed by atoms with Gasteiger partial charge in [-0.3, -0.25) is 4.79 Å². The molecule has 1 aromatic carbocycles. The van der Waals surface area contributed by atoms with Gasteiger partial charge >= 0.3 is 0 Å². The van der Waals surface area contributed by atoms with E-state index < -0.39 is 0 Å². The van der Waals surface area contributed by atoms with E-state index in [2.05, 4.69) is 36.9 Å². The van der Waals surface area contributed by atoms with E-state index in [4.69, 9.17) is 0 Å². The van der Waals surface area contributed by atoms with Crippen LogP contribution in [0.25, 0.3) is 0 Å². The second-order valence-corrected chi connectivity index (χ2v) is 6.88. The first kappa shape index (κ1) is 16.1. The summed E-state index contributed by atoms with van der Waals surface area (Å²) in [7, 11) is 4.23. The van der Waals surface area contributed by atoms with Gasteiger partial charge in [0.05, 0.1) is 31.1 Å². The Kier molecular flexibility index (Phi) is 5.85. The molecule has 0 saturated heterocycles. The summed E-state index contributed by atoms with van der Waals surface area (Å²) in [6.07, 6.45) is 1.99. The van der Waals surface area contributed by atoms with Crippen LogP contribution >= 0.6 is 23.1 Å². The molecule has 0 saturated carbocycles. The van der Waals surface area contributed by atoms with E-state index in [-0.39, 0.29) is 11.9 Å². The van der Waals surface area contributed by atoms with E-state index in [1.54, 1.807) is 23.1 Å². The average molecular weight is 321 g/mol. The minimum Gasteiger partial charge on any atom is -0.346 e. The molecule has 1 amide bonds. The van der Waals surface area contributed by atoms with Crippen molar-refractivity contribution in [3.05, 3.63) is 52.2 Å². The average Bonchev–Trinajstić information content (AvgIpc) is 3.01. The third-order valence-electron chi connectivity index (χ3n) is 3.40. The van der Waals surface area contributed by atoms with Crippen LogP contribution in [0, 0.1) is 0 Å². The Bertz CT molecular complexity index is 582. The number of quaternary nitrogens is 1. The Hall–Kier alpha value is -1.30. The predicted molar refractivity (Wildman–Crippen MR) is 90.4 cm³/mol. The molecule has 112 valence electrons. The molecular weight excluding hydrogens is 300 g/mol. The molecule has 2 N–H and O–H groups in total. The highest BCUT2D eigenvalue weighted by Gasteiger charge is 2.20. The van der Waals surface area contributed by atoms with E-state index in [9.17, 15) is 4.79 Å². The highest BCUT2D eigenvalue weighted by atomic mass is 32.2. The van der Waals surface area contributed by atoms with Gasteiger partial charge in [-0.1, -0.05) is 18.2 Å². The quantitative estimate of drug-likeness (QED) is 0.799. The van der Waals surface area contributed by atoms with Gasteiger partial charge in [-0.2, -0.15) is 0 Å². The Balaban J connectivity index is 2.06. The Morgan fingerprint density at radius 2 is 2.05 bits per heavy atom. The van der Waals surface area contributed by atoms with Crippen molar-refractivity contribution in [2.24, 2.45) is 0 Å². The Labute approximate surface area is 134 Å². The van der Waals surface area contributed by atoms with Crippen LogP contribution < -0.4 is 10.2 Å². The van der Waals surface area contributed by atoms with Crippen LogP contribution in [0.3, 0.4) is 0 Å². The first-order valence-electron chi connectivity index (χ1n) is 6.88. The van der Waals surface area contributed by atoms with E-state index >= 15 is 0 Å². The summed E-state index contributed by atoms with van der Waals surface area (Å²) in [5.74, 6) is 0.00255. The number of hydrogen-bond donors (Lipinski definition) is 2. The molecule has 21 heavy (non-hydrogen) atoms. The van der Waals surface area contributed by atoms with Crippen LogP contribution in [0.4, 0.5) is 0 Å². The second-order valence-electron chi connectivity index (χ2n) is 5.06. The van der Waals surface area contributed by atoms with Gasteiger partial charge < -0.3 is 10.2 Å². The number of rotatable bonds is 6. The molecule has 1 aromatic heterocycles. The fraction of sp³-hybridized carbons (Fsp3) is 0.312. The number of carbonyl (C=O) groups excluding carboxylic acids is 1.